The Labute approximate surface area is 103 Å². The first-order chi connectivity index (χ1) is 8.05. The SMILES string of the molecule is CNCCCc1ccc2c(c1)C(C)(C)C(=O)N2. The molecule has 1 aliphatic rings. The van der Waals surface area contributed by atoms with Crippen LogP contribution in [0.15, 0.2) is 18.2 Å². The van der Waals surface area contributed by atoms with Crippen LogP contribution in [0.25, 0.3) is 0 Å². The van der Waals surface area contributed by atoms with E-state index in [2.05, 4.69) is 22.8 Å². The van der Waals surface area contributed by atoms with E-state index in [1.54, 1.807) is 0 Å². The van der Waals surface area contributed by atoms with Crippen LogP contribution < -0.4 is 10.6 Å². The maximum atomic E-state index is 11.8. The van der Waals surface area contributed by atoms with Gasteiger partial charge in [-0.15, -0.1) is 0 Å². The fourth-order valence-corrected chi connectivity index (χ4v) is 2.24. The molecule has 0 radical (unpaired) electrons. The lowest BCUT2D eigenvalue weighted by Crippen LogP contribution is -2.26. The Morgan fingerprint density at radius 1 is 1.35 bits per heavy atom. The molecule has 1 aromatic carbocycles. The minimum Gasteiger partial charge on any atom is -0.325 e. The normalized spacial score (nSPS) is 16.8. The number of carbonyl (C=O) groups is 1. The second kappa shape index (κ2) is 4.49. The number of anilines is 1. The summed E-state index contributed by atoms with van der Waals surface area (Å²) in [7, 11) is 1.97. The molecule has 1 aliphatic heterocycles. The van der Waals surface area contributed by atoms with Gasteiger partial charge in [0.1, 0.15) is 0 Å². The average molecular weight is 232 g/mol. The summed E-state index contributed by atoms with van der Waals surface area (Å²) in [5, 5.41) is 6.08. The molecule has 0 spiro atoms. The molecule has 1 amide bonds. The highest BCUT2D eigenvalue weighted by Gasteiger charge is 2.38. The standard InChI is InChI=1S/C14H20N2O/c1-14(2)11-9-10(5-4-8-15-3)6-7-12(11)16-13(14)17/h6-7,9,15H,4-5,8H2,1-3H3,(H,16,17). The molecule has 0 saturated heterocycles. The molecule has 2 rings (SSSR count). The first-order valence-corrected chi connectivity index (χ1v) is 6.15. The number of amides is 1. The van der Waals surface area contributed by atoms with Crippen LogP contribution in [0, 0.1) is 0 Å². The Morgan fingerprint density at radius 2 is 2.12 bits per heavy atom. The number of hydrogen-bond acceptors (Lipinski definition) is 2. The van der Waals surface area contributed by atoms with E-state index in [4.69, 9.17) is 0 Å². The van der Waals surface area contributed by atoms with Gasteiger partial charge in [-0.25, -0.2) is 0 Å². The second-order valence-corrected chi connectivity index (χ2v) is 5.17. The lowest BCUT2D eigenvalue weighted by Gasteiger charge is -2.15. The maximum Gasteiger partial charge on any atom is 0.234 e. The average Bonchev–Trinajstić information content (AvgIpc) is 2.51. The molecule has 1 aromatic rings. The van der Waals surface area contributed by atoms with Gasteiger partial charge in [0.15, 0.2) is 0 Å². The molecule has 3 heteroatoms. The van der Waals surface area contributed by atoms with Crippen LogP contribution in [-0.2, 0) is 16.6 Å². The van der Waals surface area contributed by atoms with Crippen LogP contribution in [0.3, 0.4) is 0 Å². The van der Waals surface area contributed by atoms with Crippen molar-refractivity contribution in [1.82, 2.24) is 5.32 Å². The van der Waals surface area contributed by atoms with Crippen molar-refractivity contribution in [1.29, 1.82) is 0 Å². The summed E-state index contributed by atoms with van der Waals surface area (Å²) in [5.41, 5.74) is 3.01. The summed E-state index contributed by atoms with van der Waals surface area (Å²) < 4.78 is 0. The number of carbonyl (C=O) groups excluding carboxylic acids is 1. The number of nitrogens with one attached hydrogen (secondary N) is 2. The van der Waals surface area contributed by atoms with Gasteiger partial charge in [0.2, 0.25) is 5.91 Å². The molecule has 0 unspecified atom stereocenters. The second-order valence-electron chi connectivity index (χ2n) is 5.17. The predicted molar refractivity (Wildman–Crippen MR) is 70.3 cm³/mol. The summed E-state index contributed by atoms with van der Waals surface area (Å²) in [4.78, 5) is 11.8. The van der Waals surface area contributed by atoms with Gasteiger partial charge in [0.05, 0.1) is 5.41 Å². The number of fused-ring (bicyclic) bond motifs is 1. The molecule has 0 saturated carbocycles. The Kier molecular flexibility index (Phi) is 3.20. The fraction of sp³-hybridized carbons (Fsp3) is 0.500. The highest BCUT2D eigenvalue weighted by molar-refractivity contribution is 6.05. The Balaban J connectivity index is 2.20. The highest BCUT2D eigenvalue weighted by Crippen LogP contribution is 2.37. The van der Waals surface area contributed by atoms with Crippen molar-refractivity contribution in [2.24, 2.45) is 0 Å². The van der Waals surface area contributed by atoms with Gasteiger partial charge in [-0.2, -0.15) is 0 Å². The summed E-state index contributed by atoms with van der Waals surface area (Å²) in [6, 6.07) is 6.30. The summed E-state index contributed by atoms with van der Waals surface area (Å²) in [6.45, 7) is 4.98. The van der Waals surface area contributed by atoms with Gasteiger partial charge in [-0.1, -0.05) is 12.1 Å². The van der Waals surface area contributed by atoms with Crippen molar-refractivity contribution in [3.8, 4) is 0 Å². The zero-order valence-electron chi connectivity index (χ0n) is 10.8. The molecular weight excluding hydrogens is 212 g/mol. The first kappa shape index (κ1) is 12.1. The van der Waals surface area contributed by atoms with Gasteiger partial charge >= 0.3 is 0 Å². The predicted octanol–water partition coefficient (Wildman–Crippen LogP) is 2.07. The maximum absolute atomic E-state index is 11.8. The molecule has 0 bridgehead atoms. The van der Waals surface area contributed by atoms with Gasteiger partial charge in [-0.05, 0) is 57.5 Å². The Hall–Kier alpha value is -1.35. The molecule has 0 aliphatic carbocycles. The molecule has 3 nitrogen and oxygen atoms in total. The third-order valence-corrected chi connectivity index (χ3v) is 3.47. The van der Waals surface area contributed by atoms with E-state index >= 15 is 0 Å². The molecule has 17 heavy (non-hydrogen) atoms. The van der Waals surface area contributed by atoms with Gasteiger partial charge in [-0.3, -0.25) is 4.79 Å². The number of benzene rings is 1. The zero-order chi connectivity index (χ0) is 12.5. The summed E-state index contributed by atoms with van der Waals surface area (Å²) in [6.07, 6.45) is 2.18. The van der Waals surface area contributed by atoms with Crippen LogP contribution >= 0.6 is 0 Å². The Morgan fingerprint density at radius 3 is 2.82 bits per heavy atom. The fourth-order valence-electron chi connectivity index (χ4n) is 2.24. The molecule has 0 aromatic heterocycles. The van der Waals surface area contributed by atoms with Crippen molar-refractivity contribution >= 4 is 11.6 Å². The van der Waals surface area contributed by atoms with Crippen molar-refractivity contribution in [3.63, 3.8) is 0 Å². The topological polar surface area (TPSA) is 41.1 Å². The minimum atomic E-state index is -0.394. The van der Waals surface area contributed by atoms with Crippen molar-refractivity contribution < 1.29 is 4.79 Å². The van der Waals surface area contributed by atoms with E-state index in [1.807, 2.05) is 27.0 Å². The monoisotopic (exact) mass is 232 g/mol. The molecule has 0 atom stereocenters. The molecule has 1 heterocycles. The van der Waals surface area contributed by atoms with Crippen molar-refractivity contribution in [3.05, 3.63) is 29.3 Å². The lowest BCUT2D eigenvalue weighted by atomic mass is 9.85. The van der Waals surface area contributed by atoms with Crippen LogP contribution in [-0.4, -0.2) is 19.5 Å². The van der Waals surface area contributed by atoms with Crippen LogP contribution in [0.4, 0.5) is 5.69 Å². The molecular formula is C14H20N2O. The summed E-state index contributed by atoms with van der Waals surface area (Å²) in [5.74, 6) is 0.0971. The van der Waals surface area contributed by atoms with Gasteiger partial charge in [0, 0.05) is 5.69 Å². The third-order valence-electron chi connectivity index (χ3n) is 3.47. The Bertz CT molecular complexity index is 438. The van der Waals surface area contributed by atoms with Crippen molar-refractivity contribution in [2.75, 3.05) is 18.9 Å². The smallest absolute Gasteiger partial charge is 0.234 e. The lowest BCUT2D eigenvalue weighted by molar-refractivity contribution is -0.119. The number of aryl methyl sites for hydroxylation is 1. The van der Waals surface area contributed by atoms with E-state index < -0.39 is 5.41 Å². The molecule has 2 N–H and O–H groups in total. The molecule has 0 fully saturated rings. The van der Waals surface area contributed by atoms with E-state index in [1.165, 1.54) is 5.56 Å². The number of hydrogen-bond donors (Lipinski definition) is 2. The van der Waals surface area contributed by atoms with Crippen LogP contribution in [0.5, 0.6) is 0 Å². The largest absolute Gasteiger partial charge is 0.325 e. The van der Waals surface area contributed by atoms with Gasteiger partial charge in [0.25, 0.3) is 0 Å². The van der Waals surface area contributed by atoms with E-state index in [0.717, 1.165) is 30.6 Å². The first-order valence-electron chi connectivity index (χ1n) is 6.15. The van der Waals surface area contributed by atoms with Crippen molar-refractivity contribution in [2.45, 2.75) is 32.1 Å². The molecule has 92 valence electrons. The number of rotatable bonds is 4. The van der Waals surface area contributed by atoms with E-state index in [9.17, 15) is 4.79 Å². The van der Waals surface area contributed by atoms with E-state index in [0.29, 0.717) is 0 Å². The highest BCUT2D eigenvalue weighted by atomic mass is 16.2. The quantitative estimate of drug-likeness (QED) is 0.780. The van der Waals surface area contributed by atoms with E-state index in [-0.39, 0.29) is 5.91 Å². The van der Waals surface area contributed by atoms with Crippen LogP contribution in [0.2, 0.25) is 0 Å². The van der Waals surface area contributed by atoms with Gasteiger partial charge < -0.3 is 10.6 Å². The summed E-state index contributed by atoms with van der Waals surface area (Å²) >= 11 is 0. The minimum absolute atomic E-state index is 0.0971. The van der Waals surface area contributed by atoms with Crippen LogP contribution in [0.1, 0.15) is 31.4 Å². The zero-order valence-corrected chi connectivity index (χ0v) is 10.8. The third kappa shape index (κ3) is 2.20.